The van der Waals surface area contributed by atoms with Crippen molar-refractivity contribution < 1.29 is 30.3 Å². The highest BCUT2D eigenvalue weighted by molar-refractivity contribution is 5.95. The molecule has 9 atom stereocenters. The number of aliphatic hydroxyl groups excluding tert-OH is 2. The molecule has 0 aliphatic heterocycles. The Morgan fingerprint density at radius 3 is 2.39 bits per heavy atom. The highest BCUT2D eigenvalue weighted by Gasteiger charge is 2.69. The largest absolute Gasteiger partial charge is 0.392 e. The second-order valence-corrected chi connectivity index (χ2v) is 13.0. The van der Waals surface area contributed by atoms with Crippen LogP contribution in [0.15, 0.2) is 11.6 Å². The van der Waals surface area contributed by atoms with Crippen LogP contribution in [0.2, 0.25) is 0 Å². The zero-order valence-electron chi connectivity index (χ0n) is 21.0. The number of fused-ring (bicyclic) bond motifs is 5. The highest BCUT2D eigenvalue weighted by Crippen LogP contribution is 2.68. The van der Waals surface area contributed by atoms with E-state index in [-0.39, 0.29) is 29.5 Å². The van der Waals surface area contributed by atoms with Crippen LogP contribution < -0.4 is 0 Å². The zero-order chi connectivity index (χ0) is 24.6. The summed E-state index contributed by atoms with van der Waals surface area (Å²) in [6.07, 6.45) is 5.50. The minimum atomic E-state index is -1.43. The smallest absolute Gasteiger partial charge is 0.161 e. The van der Waals surface area contributed by atoms with Gasteiger partial charge in [0.15, 0.2) is 5.78 Å². The molecule has 0 radical (unpaired) electrons. The van der Waals surface area contributed by atoms with Crippen LogP contribution in [0.5, 0.6) is 0 Å². The lowest BCUT2D eigenvalue weighted by Crippen LogP contribution is -2.62. The molecule has 0 aromatic rings. The molecule has 0 aromatic carbocycles. The van der Waals surface area contributed by atoms with Gasteiger partial charge in [0.05, 0.1) is 34.9 Å². The molecule has 5 N–H and O–H groups in total. The summed E-state index contributed by atoms with van der Waals surface area (Å²) in [5.41, 5.74) is -3.82. The SMILES string of the molecule is CC(C)(O)CCC(O)C(C)(O)C1CCC2(O)C3=CC(=O)C4C(O)CCCC4(C)C3CCC12C. The summed E-state index contributed by atoms with van der Waals surface area (Å²) in [4.78, 5) is 13.2. The Labute approximate surface area is 198 Å². The number of rotatable bonds is 5. The van der Waals surface area contributed by atoms with E-state index in [9.17, 15) is 30.3 Å². The van der Waals surface area contributed by atoms with E-state index < -0.39 is 40.3 Å². The van der Waals surface area contributed by atoms with Crippen LogP contribution in [0.4, 0.5) is 0 Å². The van der Waals surface area contributed by atoms with Gasteiger partial charge in [-0.05, 0) is 101 Å². The molecule has 188 valence electrons. The Morgan fingerprint density at radius 2 is 1.76 bits per heavy atom. The van der Waals surface area contributed by atoms with Crippen LogP contribution >= 0.6 is 0 Å². The third kappa shape index (κ3) is 3.67. The van der Waals surface area contributed by atoms with Crippen LogP contribution in [0, 0.1) is 28.6 Å². The predicted molar refractivity (Wildman–Crippen MR) is 125 cm³/mol. The normalized spacial score (nSPS) is 46.0. The van der Waals surface area contributed by atoms with E-state index in [1.54, 1.807) is 26.8 Å². The number of allylic oxidation sites excluding steroid dienone is 1. The van der Waals surface area contributed by atoms with Gasteiger partial charge in [-0.2, -0.15) is 0 Å². The quantitative estimate of drug-likeness (QED) is 0.427. The van der Waals surface area contributed by atoms with Crippen molar-refractivity contribution in [3.63, 3.8) is 0 Å². The van der Waals surface area contributed by atoms with Crippen LogP contribution in [0.3, 0.4) is 0 Å². The van der Waals surface area contributed by atoms with Gasteiger partial charge in [-0.15, -0.1) is 0 Å². The third-order valence-electron chi connectivity index (χ3n) is 10.4. The summed E-state index contributed by atoms with van der Waals surface area (Å²) >= 11 is 0. The highest BCUT2D eigenvalue weighted by atomic mass is 16.3. The Kier molecular flexibility index (Phi) is 6.03. The fourth-order valence-electron chi connectivity index (χ4n) is 8.45. The minimum Gasteiger partial charge on any atom is -0.392 e. The van der Waals surface area contributed by atoms with Gasteiger partial charge in [0, 0.05) is 5.41 Å². The predicted octanol–water partition coefficient (Wildman–Crippen LogP) is 2.88. The Balaban J connectivity index is 1.67. The lowest BCUT2D eigenvalue weighted by molar-refractivity contribution is -0.174. The van der Waals surface area contributed by atoms with Crippen molar-refractivity contribution in [2.75, 3.05) is 0 Å². The molecular formula is C27H44O6. The molecule has 0 aromatic heterocycles. The first-order chi connectivity index (χ1) is 15.1. The molecule has 3 fully saturated rings. The molecule has 0 heterocycles. The first-order valence-electron chi connectivity index (χ1n) is 12.9. The van der Waals surface area contributed by atoms with Crippen molar-refractivity contribution in [2.45, 2.75) is 121 Å². The van der Waals surface area contributed by atoms with Gasteiger partial charge in [0.25, 0.3) is 0 Å². The molecule has 4 aliphatic carbocycles. The molecular weight excluding hydrogens is 420 g/mol. The van der Waals surface area contributed by atoms with E-state index in [0.717, 1.165) is 24.8 Å². The Morgan fingerprint density at radius 1 is 1.09 bits per heavy atom. The summed E-state index contributed by atoms with van der Waals surface area (Å²) in [7, 11) is 0. The molecule has 33 heavy (non-hydrogen) atoms. The van der Waals surface area contributed by atoms with E-state index in [1.807, 2.05) is 6.92 Å². The molecule has 6 heteroatoms. The fraction of sp³-hybridized carbons (Fsp3) is 0.889. The van der Waals surface area contributed by atoms with Gasteiger partial charge >= 0.3 is 0 Å². The number of ketones is 1. The Bertz CT molecular complexity index is 827. The number of hydrogen-bond donors (Lipinski definition) is 5. The monoisotopic (exact) mass is 464 g/mol. The van der Waals surface area contributed by atoms with E-state index in [2.05, 4.69) is 6.92 Å². The maximum absolute atomic E-state index is 13.2. The molecule has 3 saturated carbocycles. The van der Waals surface area contributed by atoms with Crippen LogP contribution in [0.25, 0.3) is 0 Å². The number of carbonyl (C=O) groups excluding carboxylic acids is 1. The number of hydrogen-bond acceptors (Lipinski definition) is 6. The molecule has 9 unspecified atom stereocenters. The standard InChI is InChI=1S/C27H44O6/c1-23(2,31)12-10-21(30)26(5,32)20-9-14-27(33)17-15-19(29)22-18(28)7-6-11-24(22,3)16(17)8-13-25(20,27)4/h15-16,18,20-22,28,30-33H,6-14H2,1-5H3. The lowest BCUT2D eigenvalue weighted by Gasteiger charge is -2.60. The Hall–Kier alpha value is -0.790. The van der Waals surface area contributed by atoms with Crippen LogP contribution in [-0.2, 0) is 4.79 Å². The average molecular weight is 465 g/mol. The number of aliphatic hydroxyl groups is 5. The fourth-order valence-corrected chi connectivity index (χ4v) is 8.45. The summed E-state index contributed by atoms with van der Waals surface area (Å²) in [6, 6.07) is 0. The van der Waals surface area contributed by atoms with Crippen molar-refractivity contribution in [1.29, 1.82) is 0 Å². The maximum Gasteiger partial charge on any atom is 0.161 e. The van der Waals surface area contributed by atoms with E-state index >= 15 is 0 Å². The second kappa shape index (κ2) is 7.86. The molecule has 0 saturated heterocycles. The van der Waals surface area contributed by atoms with E-state index in [1.165, 1.54) is 0 Å². The molecule has 0 amide bonds. The number of carbonyl (C=O) groups is 1. The maximum atomic E-state index is 13.2. The second-order valence-electron chi connectivity index (χ2n) is 13.0. The van der Waals surface area contributed by atoms with Crippen LogP contribution in [-0.4, -0.2) is 60.3 Å². The van der Waals surface area contributed by atoms with Crippen LogP contribution in [0.1, 0.15) is 92.4 Å². The molecule has 4 aliphatic rings. The van der Waals surface area contributed by atoms with Crippen molar-refractivity contribution in [3.05, 3.63) is 11.6 Å². The summed E-state index contributed by atoms with van der Waals surface area (Å²) in [5.74, 6) is -0.783. The summed E-state index contributed by atoms with van der Waals surface area (Å²) in [6.45, 7) is 9.16. The van der Waals surface area contributed by atoms with E-state index in [4.69, 9.17) is 0 Å². The van der Waals surface area contributed by atoms with Gasteiger partial charge in [0.2, 0.25) is 0 Å². The molecule has 0 bridgehead atoms. The summed E-state index contributed by atoms with van der Waals surface area (Å²) < 4.78 is 0. The van der Waals surface area contributed by atoms with Gasteiger partial charge < -0.3 is 25.5 Å². The lowest BCUT2D eigenvalue weighted by atomic mass is 9.45. The van der Waals surface area contributed by atoms with Crippen molar-refractivity contribution >= 4 is 5.78 Å². The van der Waals surface area contributed by atoms with Gasteiger partial charge in [-0.25, -0.2) is 0 Å². The van der Waals surface area contributed by atoms with E-state index in [0.29, 0.717) is 32.1 Å². The zero-order valence-corrected chi connectivity index (χ0v) is 21.0. The minimum absolute atomic E-state index is 0.0389. The molecule has 0 spiro atoms. The van der Waals surface area contributed by atoms with Gasteiger partial charge in [0.1, 0.15) is 0 Å². The van der Waals surface area contributed by atoms with Gasteiger partial charge in [-0.1, -0.05) is 20.3 Å². The average Bonchev–Trinajstić information content (AvgIpc) is 2.97. The first kappa shape index (κ1) is 25.3. The topological polar surface area (TPSA) is 118 Å². The molecule has 6 nitrogen and oxygen atoms in total. The third-order valence-corrected chi connectivity index (χ3v) is 10.4. The first-order valence-corrected chi connectivity index (χ1v) is 12.9. The molecule has 4 rings (SSSR count). The van der Waals surface area contributed by atoms with Crippen molar-refractivity contribution in [2.24, 2.45) is 28.6 Å². The van der Waals surface area contributed by atoms with Gasteiger partial charge in [-0.3, -0.25) is 4.79 Å². The summed E-state index contributed by atoms with van der Waals surface area (Å²) in [5, 5.41) is 55.5. The van der Waals surface area contributed by atoms with Crippen molar-refractivity contribution in [3.8, 4) is 0 Å². The van der Waals surface area contributed by atoms with Crippen molar-refractivity contribution in [1.82, 2.24) is 0 Å².